The SMILES string of the molecule is COc1ccc(C(N)=S)cc1CN1CCN2CCCC2C1. The van der Waals surface area contributed by atoms with Crippen LogP contribution in [0, 0.1) is 0 Å². The number of fused-ring (bicyclic) bond motifs is 1. The van der Waals surface area contributed by atoms with E-state index in [0.29, 0.717) is 4.99 Å². The van der Waals surface area contributed by atoms with Crippen molar-refractivity contribution >= 4 is 17.2 Å². The van der Waals surface area contributed by atoms with E-state index in [9.17, 15) is 0 Å². The third-order valence-electron chi connectivity index (χ3n) is 4.63. The van der Waals surface area contributed by atoms with Crippen LogP contribution in [0.25, 0.3) is 0 Å². The molecule has 2 saturated heterocycles. The standard InChI is InChI=1S/C16H23N3OS/c1-20-15-5-4-12(16(17)21)9-13(15)10-18-7-8-19-6-2-3-14(19)11-18/h4-5,9,14H,2-3,6-8,10-11H2,1H3,(H2,17,21). The minimum atomic E-state index is 0.444. The lowest BCUT2D eigenvalue weighted by Gasteiger charge is -2.37. The normalized spacial score (nSPS) is 23.0. The Kier molecular flexibility index (Phi) is 4.42. The highest BCUT2D eigenvalue weighted by Gasteiger charge is 2.30. The molecule has 2 heterocycles. The van der Waals surface area contributed by atoms with Gasteiger partial charge in [0, 0.05) is 43.3 Å². The van der Waals surface area contributed by atoms with E-state index in [2.05, 4.69) is 15.9 Å². The number of piperazine rings is 1. The molecule has 2 fully saturated rings. The molecule has 1 atom stereocenters. The summed E-state index contributed by atoms with van der Waals surface area (Å²) in [4.78, 5) is 5.59. The minimum absolute atomic E-state index is 0.444. The third-order valence-corrected chi connectivity index (χ3v) is 4.87. The molecular formula is C16H23N3OS. The van der Waals surface area contributed by atoms with Gasteiger partial charge in [0.05, 0.1) is 7.11 Å². The molecule has 3 rings (SSSR count). The highest BCUT2D eigenvalue weighted by molar-refractivity contribution is 7.80. The summed E-state index contributed by atoms with van der Waals surface area (Å²) >= 11 is 5.08. The fourth-order valence-corrected chi connectivity index (χ4v) is 3.62. The molecule has 5 heteroatoms. The monoisotopic (exact) mass is 305 g/mol. The van der Waals surface area contributed by atoms with E-state index in [0.717, 1.165) is 37.0 Å². The fourth-order valence-electron chi connectivity index (χ4n) is 3.50. The number of hydrogen-bond donors (Lipinski definition) is 1. The summed E-state index contributed by atoms with van der Waals surface area (Å²) in [5.74, 6) is 0.920. The summed E-state index contributed by atoms with van der Waals surface area (Å²) in [6.07, 6.45) is 2.68. The lowest BCUT2D eigenvalue weighted by Crippen LogP contribution is -2.49. The Bertz CT molecular complexity index is 534. The summed E-state index contributed by atoms with van der Waals surface area (Å²) in [6.45, 7) is 5.64. The van der Waals surface area contributed by atoms with Gasteiger partial charge in [-0.15, -0.1) is 0 Å². The number of ether oxygens (including phenoxy) is 1. The van der Waals surface area contributed by atoms with Crippen LogP contribution >= 0.6 is 12.2 Å². The number of nitrogens with zero attached hydrogens (tertiary/aromatic N) is 2. The van der Waals surface area contributed by atoms with Gasteiger partial charge < -0.3 is 10.5 Å². The molecule has 0 saturated carbocycles. The highest BCUT2D eigenvalue weighted by Crippen LogP contribution is 2.26. The maximum absolute atomic E-state index is 5.75. The fraction of sp³-hybridized carbons (Fsp3) is 0.562. The molecule has 2 aliphatic heterocycles. The van der Waals surface area contributed by atoms with Crippen LogP contribution in [-0.2, 0) is 6.54 Å². The van der Waals surface area contributed by atoms with Crippen LogP contribution in [0.1, 0.15) is 24.0 Å². The van der Waals surface area contributed by atoms with Crippen LogP contribution in [0.3, 0.4) is 0 Å². The topological polar surface area (TPSA) is 41.7 Å². The van der Waals surface area contributed by atoms with Gasteiger partial charge >= 0.3 is 0 Å². The Morgan fingerprint density at radius 3 is 3.00 bits per heavy atom. The van der Waals surface area contributed by atoms with Crippen molar-refractivity contribution in [2.24, 2.45) is 5.73 Å². The van der Waals surface area contributed by atoms with E-state index in [1.165, 1.54) is 31.5 Å². The number of thiocarbonyl (C=S) groups is 1. The van der Waals surface area contributed by atoms with Crippen molar-refractivity contribution in [3.8, 4) is 5.75 Å². The maximum atomic E-state index is 5.75. The van der Waals surface area contributed by atoms with Crippen LogP contribution in [0.15, 0.2) is 18.2 Å². The summed E-state index contributed by atoms with van der Waals surface area (Å²) in [5.41, 5.74) is 7.84. The quantitative estimate of drug-likeness (QED) is 0.856. The van der Waals surface area contributed by atoms with Crippen LogP contribution in [-0.4, -0.2) is 54.1 Å². The lowest BCUT2D eigenvalue weighted by molar-refractivity contribution is 0.0987. The van der Waals surface area contributed by atoms with Crippen LogP contribution < -0.4 is 10.5 Å². The molecule has 1 aromatic carbocycles. The van der Waals surface area contributed by atoms with Crippen molar-refractivity contribution in [2.45, 2.75) is 25.4 Å². The van der Waals surface area contributed by atoms with Gasteiger partial charge in [-0.25, -0.2) is 0 Å². The molecule has 0 bridgehead atoms. The van der Waals surface area contributed by atoms with Gasteiger partial charge in [0.2, 0.25) is 0 Å². The van der Waals surface area contributed by atoms with Crippen molar-refractivity contribution in [1.29, 1.82) is 0 Å². The summed E-state index contributed by atoms with van der Waals surface area (Å²) in [6, 6.07) is 6.71. The molecule has 0 spiro atoms. The van der Waals surface area contributed by atoms with Crippen molar-refractivity contribution in [1.82, 2.24) is 9.80 Å². The van der Waals surface area contributed by atoms with E-state index in [1.54, 1.807) is 7.11 Å². The maximum Gasteiger partial charge on any atom is 0.123 e. The first-order chi connectivity index (χ1) is 10.2. The van der Waals surface area contributed by atoms with Gasteiger partial charge in [-0.3, -0.25) is 9.80 Å². The summed E-state index contributed by atoms with van der Waals surface area (Å²) in [7, 11) is 1.72. The van der Waals surface area contributed by atoms with Crippen molar-refractivity contribution < 1.29 is 4.74 Å². The molecule has 1 unspecified atom stereocenters. The molecule has 1 aromatic rings. The first-order valence-electron chi connectivity index (χ1n) is 7.60. The van der Waals surface area contributed by atoms with E-state index >= 15 is 0 Å². The zero-order chi connectivity index (χ0) is 14.8. The Labute approximate surface area is 131 Å². The third kappa shape index (κ3) is 3.20. The zero-order valence-corrected chi connectivity index (χ0v) is 13.4. The minimum Gasteiger partial charge on any atom is -0.496 e. The molecule has 114 valence electrons. The van der Waals surface area contributed by atoms with Crippen molar-refractivity contribution in [3.05, 3.63) is 29.3 Å². The van der Waals surface area contributed by atoms with Crippen LogP contribution in [0.2, 0.25) is 0 Å². The Balaban J connectivity index is 1.74. The number of benzene rings is 1. The van der Waals surface area contributed by atoms with Gasteiger partial charge in [0.15, 0.2) is 0 Å². The predicted molar refractivity (Wildman–Crippen MR) is 88.8 cm³/mol. The molecule has 0 aromatic heterocycles. The zero-order valence-electron chi connectivity index (χ0n) is 12.5. The van der Waals surface area contributed by atoms with E-state index in [-0.39, 0.29) is 0 Å². The largest absolute Gasteiger partial charge is 0.496 e. The average molecular weight is 305 g/mol. The predicted octanol–water partition coefficient (Wildman–Crippen LogP) is 1.61. The van der Waals surface area contributed by atoms with Crippen LogP contribution in [0.4, 0.5) is 0 Å². The number of rotatable bonds is 4. The summed E-state index contributed by atoms with van der Waals surface area (Å²) in [5, 5.41) is 0. The molecule has 0 radical (unpaired) electrons. The Hall–Kier alpha value is -1.17. The molecule has 0 aliphatic carbocycles. The highest BCUT2D eigenvalue weighted by atomic mass is 32.1. The lowest BCUT2D eigenvalue weighted by atomic mass is 10.1. The molecule has 2 aliphatic rings. The van der Waals surface area contributed by atoms with Crippen LogP contribution in [0.5, 0.6) is 5.75 Å². The van der Waals surface area contributed by atoms with Gasteiger partial charge in [-0.2, -0.15) is 0 Å². The summed E-state index contributed by atoms with van der Waals surface area (Å²) < 4.78 is 5.49. The van der Waals surface area contributed by atoms with Gasteiger partial charge in [-0.05, 0) is 37.6 Å². The molecule has 4 nitrogen and oxygen atoms in total. The first-order valence-corrected chi connectivity index (χ1v) is 8.01. The van der Waals surface area contributed by atoms with Crippen molar-refractivity contribution in [2.75, 3.05) is 33.3 Å². The van der Waals surface area contributed by atoms with E-state index in [1.807, 2.05) is 12.1 Å². The molecule has 2 N–H and O–H groups in total. The van der Waals surface area contributed by atoms with E-state index in [4.69, 9.17) is 22.7 Å². The second kappa shape index (κ2) is 6.30. The number of nitrogens with two attached hydrogens (primary N) is 1. The Morgan fingerprint density at radius 1 is 1.38 bits per heavy atom. The van der Waals surface area contributed by atoms with Gasteiger partial charge in [0.1, 0.15) is 10.7 Å². The van der Waals surface area contributed by atoms with E-state index < -0.39 is 0 Å². The second-order valence-electron chi connectivity index (χ2n) is 5.96. The average Bonchev–Trinajstić information content (AvgIpc) is 2.94. The Morgan fingerprint density at radius 2 is 2.24 bits per heavy atom. The first kappa shape index (κ1) is 14.8. The number of methoxy groups -OCH3 is 1. The second-order valence-corrected chi connectivity index (χ2v) is 6.40. The smallest absolute Gasteiger partial charge is 0.123 e. The molecule has 0 amide bonds. The number of hydrogen-bond acceptors (Lipinski definition) is 4. The van der Waals surface area contributed by atoms with Gasteiger partial charge in [0.25, 0.3) is 0 Å². The molecule has 21 heavy (non-hydrogen) atoms. The van der Waals surface area contributed by atoms with Crippen molar-refractivity contribution in [3.63, 3.8) is 0 Å². The molecular weight excluding hydrogens is 282 g/mol. The van der Waals surface area contributed by atoms with Gasteiger partial charge in [-0.1, -0.05) is 12.2 Å².